The number of rotatable bonds is 5. The Balaban J connectivity index is 1.57. The Morgan fingerprint density at radius 3 is 2.53 bits per heavy atom. The number of aryl methyl sites for hydroxylation is 1. The molecule has 0 radical (unpaired) electrons. The Morgan fingerprint density at radius 2 is 1.81 bits per heavy atom. The molecular weight excluding hydrogens is 414 g/mol. The van der Waals surface area contributed by atoms with Gasteiger partial charge in [-0.15, -0.1) is 0 Å². The first-order valence-corrected chi connectivity index (χ1v) is 12.1. The van der Waals surface area contributed by atoms with Crippen LogP contribution in [0.5, 0.6) is 0 Å². The van der Waals surface area contributed by atoms with E-state index < -0.39 is 0 Å². The molecule has 4 heterocycles. The Morgan fingerprint density at radius 1 is 1.03 bits per heavy atom. The maximum Gasteiger partial charge on any atom is 0.170 e. The van der Waals surface area contributed by atoms with E-state index >= 15 is 0 Å². The smallest absolute Gasteiger partial charge is 0.170 e. The molecule has 0 spiro atoms. The van der Waals surface area contributed by atoms with Crippen LogP contribution in [0.15, 0.2) is 55.0 Å². The molecule has 1 aliphatic heterocycles. The first-order valence-electron chi connectivity index (χ1n) is 11.7. The van der Waals surface area contributed by atoms with Crippen LogP contribution < -0.4 is 5.32 Å². The van der Waals surface area contributed by atoms with E-state index in [1.54, 1.807) is 0 Å². The zero-order valence-corrected chi connectivity index (χ0v) is 19.7. The maximum absolute atomic E-state index is 5.87. The Bertz CT molecular complexity index is 1070. The summed E-state index contributed by atoms with van der Waals surface area (Å²) in [4.78, 5) is 11.2. The molecule has 2 aliphatic rings. The average molecular weight is 446 g/mol. The van der Waals surface area contributed by atoms with Crippen LogP contribution in [0.2, 0.25) is 0 Å². The largest absolute Gasteiger partial charge is 0.352 e. The van der Waals surface area contributed by atoms with Gasteiger partial charge in [0.1, 0.15) is 0 Å². The van der Waals surface area contributed by atoms with Crippen LogP contribution >= 0.6 is 12.2 Å². The number of nitrogens with one attached hydrogen (secondary N) is 1. The minimum Gasteiger partial charge on any atom is -0.352 e. The third-order valence-corrected chi connectivity index (χ3v) is 7.43. The van der Waals surface area contributed by atoms with Crippen molar-refractivity contribution >= 4 is 17.3 Å². The predicted molar refractivity (Wildman–Crippen MR) is 131 cm³/mol. The minimum atomic E-state index is 0.0193. The van der Waals surface area contributed by atoms with Crippen molar-refractivity contribution in [2.75, 3.05) is 0 Å². The van der Waals surface area contributed by atoms with Crippen LogP contribution in [-0.2, 0) is 6.54 Å². The lowest BCUT2D eigenvalue weighted by atomic mass is 9.94. The molecular formula is C26H31N5S. The summed E-state index contributed by atoms with van der Waals surface area (Å²) in [6.07, 6.45) is 12.2. The summed E-state index contributed by atoms with van der Waals surface area (Å²) in [7, 11) is 0. The number of hydrogen-bond acceptors (Lipinski definition) is 3. The van der Waals surface area contributed by atoms with E-state index in [1.165, 1.54) is 54.6 Å². The number of thiocarbonyl (C=S) groups is 1. The normalized spacial score (nSPS) is 21.7. The van der Waals surface area contributed by atoms with Gasteiger partial charge in [0, 0.05) is 42.6 Å². The Labute approximate surface area is 195 Å². The molecule has 32 heavy (non-hydrogen) atoms. The topological polar surface area (TPSA) is 46.0 Å². The second-order valence-electron chi connectivity index (χ2n) is 9.10. The zero-order chi connectivity index (χ0) is 22.1. The number of nitrogens with zero attached hydrogens (tertiary/aromatic N) is 4. The molecule has 6 heteroatoms. The first kappa shape index (κ1) is 21.1. The molecule has 0 bridgehead atoms. The summed E-state index contributed by atoms with van der Waals surface area (Å²) in [5.74, 6) is 0. The number of pyridine rings is 2. The fraction of sp³-hybridized carbons (Fsp3) is 0.423. The lowest BCUT2D eigenvalue weighted by Crippen LogP contribution is -2.29. The lowest BCUT2D eigenvalue weighted by molar-refractivity contribution is 0.306. The molecule has 0 aromatic carbocycles. The van der Waals surface area contributed by atoms with Gasteiger partial charge in [-0.05, 0) is 80.4 Å². The van der Waals surface area contributed by atoms with Gasteiger partial charge in [-0.25, -0.2) is 0 Å². The number of aromatic nitrogens is 3. The summed E-state index contributed by atoms with van der Waals surface area (Å²) in [6, 6.07) is 13.4. The monoisotopic (exact) mass is 445 g/mol. The molecule has 0 unspecified atom stereocenters. The highest BCUT2D eigenvalue weighted by Gasteiger charge is 2.41. The second kappa shape index (κ2) is 9.02. The SMILES string of the molecule is Cc1cc([C@@H]2[C@H](c3ccccn3)NC(=S)N2Cc2ccncc2)c(C)n1C1CCCCC1. The van der Waals surface area contributed by atoms with Gasteiger partial charge in [-0.2, -0.15) is 0 Å². The Hall–Kier alpha value is -2.73. The zero-order valence-electron chi connectivity index (χ0n) is 18.9. The van der Waals surface area contributed by atoms with Gasteiger partial charge in [0.15, 0.2) is 5.11 Å². The summed E-state index contributed by atoms with van der Waals surface area (Å²) < 4.78 is 2.59. The molecule has 3 aromatic rings. The maximum atomic E-state index is 5.87. The van der Waals surface area contributed by atoms with Gasteiger partial charge in [-0.1, -0.05) is 25.3 Å². The lowest BCUT2D eigenvalue weighted by Gasteiger charge is -2.30. The summed E-state index contributed by atoms with van der Waals surface area (Å²) in [6.45, 7) is 5.29. The highest BCUT2D eigenvalue weighted by molar-refractivity contribution is 7.80. The third kappa shape index (κ3) is 3.92. The van der Waals surface area contributed by atoms with Crippen LogP contribution in [0.3, 0.4) is 0 Å². The quantitative estimate of drug-likeness (QED) is 0.520. The molecule has 5 rings (SSSR count). The fourth-order valence-corrected chi connectivity index (χ4v) is 5.91. The standard InChI is InChI=1S/C26H31N5S/c1-18-16-22(19(2)31(18)21-8-4-3-5-9-21)25-24(23-10-6-7-13-28-23)29-26(32)30(25)17-20-11-14-27-15-12-20/h6-7,10-16,21,24-25H,3-5,8-9,17H2,1-2H3,(H,29,32)/t24-,25+/m0/s1. The van der Waals surface area contributed by atoms with Gasteiger partial charge in [-0.3, -0.25) is 9.97 Å². The van der Waals surface area contributed by atoms with Crippen LogP contribution in [0.4, 0.5) is 0 Å². The van der Waals surface area contributed by atoms with Gasteiger partial charge < -0.3 is 14.8 Å². The summed E-state index contributed by atoms with van der Waals surface area (Å²) >= 11 is 5.87. The number of hydrogen-bond donors (Lipinski definition) is 1. The molecule has 2 atom stereocenters. The summed E-state index contributed by atoms with van der Waals surface area (Å²) in [5.41, 5.74) is 6.30. The van der Waals surface area contributed by atoms with Crippen molar-refractivity contribution in [1.82, 2.24) is 24.8 Å². The van der Waals surface area contributed by atoms with Gasteiger partial charge >= 0.3 is 0 Å². The molecule has 1 N–H and O–H groups in total. The van der Waals surface area contributed by atoms with Gasteiger partial charge in [0.25, 0.3) is 0 Å². The van der Waals surface area contributed by atoms with Crippen molar-refractivity contribution in [2.24, 2.45) is 0 Å². The predicted octanol–water partition coefficient (Wildman–Crippen LogP) is 5.57. The average Bonchev–Trinajstić information content (AvgIpc) is 3.30. The van der Waals surface area contributed by atoms with Crippen molar-refractivity contribution in [2.45, 2.75) is 70.6 Å². The van der Waals surface area contributed by atoms with E-state index in [9.17, 15) is 0 Å². The van der Waals surface area contributed by atoms with Crippen molar-refractivity contribution in [3.63, 3.8) is 0 Å². The molecule has 5 nitrogen and oxygen atoms in total. The van der Waals surface area contributed by atoms with E-state index in [-0.39, 0.29) is 12.1 Å². The molecule has 1 saturated heterocycles. The van der Waals surface area contributed by atoms with Gasteiger partial charge in [0.05, 0.1) is 17.8 Å². The van der Waals surface area contributed by atoms with E-state index in [4.69, 9.17) is 17.2 Å². The van der Waals surface area contributed by atoms with Crippen LogP contribution in [0, 0.1) is 13.8 Å². The fourth-order valence-electron chi connectivity index (χ4n) is 5.60. The van der Waals surface area contributed by atoms with Gasteiger partial charge in [0.2, 0.25) is 0 Å². The van der Waals surface area contributed by atoms with E-state index in [0.29, 0.717) is 6.04 Å². The molecule has 1 aliphatic carbocycles. The van der Waals surface area contributed by atoms with Crippen molar-refractivity contribution in [1.29, 1.82) is 0 Å². The molecule has 2 fully saturated rings. The van der Waals surface area contributed by atoms with E-state index in [0.717, 1.165) is 17.4 Å². The molecule has 1 saturated carbocycles. The highest BCUT2D eigenvalue weighted by atomic mass is 32.1. The van der Waals surface area contributed by atoms with Crippen molar-refractivity contribution < 1.29 is 0 Å². The second-order valence-corrected chi connectivity index (χ2v) is 9.48. The third-order valence-electron chi connectivity index (χ3n) is 7.08. The van der Waals surface area contributed by atoms with E-state index in [1.807, 2.05) is 24.7 Å². The van der Waals surface area contributed by atoms with Crippen molar-refractivity contribution in [3.05, 3.63) is 83.2 Å². The molecule has 0 amide bonds. The van der Waals surface area contributed by atoms with Crippen molar-refractivity contribution in [3.8, 4) is 0 Å². The Kier molecular flexibility index (Phi) is 5.96. The highest BCUT2D eigenvalue weighted by Crippen LogP contribution is 2.43. The van der Waals surface area contributed by atoms with Crippen LogP contribution in [0.1, 0.15) is 78.4 Å². The molecule has 3 aromatic heterocycles. The molecule has 166 valence electrons. The van der Waals surface area contributed by atoms with E-state index in [2.05, 4.69) is 63.9 Å². The minimum absolute atomic E-state index is 0.0193. The van der Waals surface area contributed by atoms with Crippen LogP contribution in [-0.4, -0.2) is 24.5 Å². The first-order chi connectivity index (χ1) is 15.6. The van der Waals surface area contributed by atoms with Crippen LogP contribution in [0.25, 0.3) is 0 Å². The summed E-state index contributed by atoms with van der Waals surface area (Å²) in [5, 5.41) is 4.38.